The maximum absolute atomic E-state index is 10.8. The highest BCUT2D eigenvalue weighted by Gasteiger charge is 2.05. The Bertz CT molecular complexity index is 305. The van der Waals surface area contributed by atoms with Crippen LogP contribution in [0.15, 0.2) is 29.4 Å². The molecule has 0 radical (unpaired) electrons. The van der Waals surface area contributed by atoms with Crippen molar-refractivity contribution in [1.82, 2.24) is 4.98 Å². The fraction of sp³-hybridized carbons (Fsp3) is 0.375. The van der Waals surface area contributed by atoms with Gasteiger partial charge in [-0.2, -0.15) is 0 Å². The average molecular weight is 187 g/mol. The van der Waals surface area contributed by atoms with E-state index >= 15 is 0 Å². The minimum atomic E-state index is -3.11. The summed E-state index contributed by atoms with van der Waals surface area (Å²) in [6, 6.07) is 4.79. The first-order valence-corrected chi connectivity index (χ1v) is 5.61. The molecule has 0 spiro atoms. The zero-order valence-electron chi connectivity index (χ0n) is 7.48. The van der Waals surface area contributed by atoms with Crippen LogP contribution in [0.25, 0.3) is 0 Å². The lowest BCUT2D eigenvalue weighted by atomic mass is 10.5. The SMILES string of the molecule is CC.CS(=O)(=O)c1ccccn1. The largest absolute Gasteiger partial charge is 0.245 e. The molecule has 0 amide bonds. The lowest BCUT2D eigenvalue weighted by Crippen LogP contribution is -1.98. The van der Waals surface area contributed by atoms with E-state index in [1.54, 1.807) is 12.1 Å². The molecule has 0 aliphatic heterocycles. The van der Waals surface area contributed by atoms with Gasteiger partial charge in [-0.05, 0) is 12.1 Å². The average Bonchev–Trinajstić information content (AvgIpc) is 2.08. The van der Waals surface area contributed by atoms with E-state index in [0.717, 1.165) is 6.26 Å². The summed E-state index contributed by atoms with van der Waals surface area (Å²) in [6.07, 6.45) is 2.59. The van der Waals surface area contributed by atoms with E-state index in [1.165, 1.54) is 12.3 Å². The second-order valence-corrected chi connectivity index (χ2v) is 3.90. The number of rotatable bonds is 1. The Hall–Kier alpha value is -0.900. The molecule has 0 aromatic carbocycles. The van der Waals surface area contributed by atoms with Gasteiger partial charge in [-0.15, -0.1) is 0 Å². The highest BCUT2D eigenvalue weighted by molar-refractivity contribution is 7.90. The maximum atomic E-state index is 10.8. The van der Waals surface area contributed by atoms with E-state index in [9.17, 15) is 8.42 Å². The molecule has 0 aliphatic carbocycles. The minimum absolute atomic E-state index is 0.120. The van der Waals surface area contributed by atoms with Crippen LogP contribution in [0.1, 0.15) is 13.8 Å². The van der Waals surface area contributed by atoms with Crippen LogP contribution in [0.3, 0.4) is 0 Å². The smallest absolute Gasteiger partial charge is 0.192 e. The first kappa shape index (κ1) is 11.1. The molecule has 0 saturated heterocycles. The van der Waals surface area contributed by atoms with Crippen LogP contribution >= 0.6 is 0 Å². The second-order valence-electron chi connectivity index (χ2n) is 1.94. The molecule has 12 heavy (non-hydrogen) atoms. The Labute approximate surface area is 73.4 Å². The number of hydrogen-bond acceptors (Lipinski definition) is 3. The van der Waals surface area contributed by atoms with Crippen molar-refractivity contribution in [2.45, 2.75) is 18.9 Å². The van der Waals surface area contributed by atoms with Gasteiger partial charge in [-0.3, -0.25) is 0 Å². The summed E-state index contributed by atoms with van der Waals surface area (Å²) in [5, 5.41) is 0.120. The van der Waals surface area contributed by atoms with Gasteiger partial charge in [-0.25, -0.2) is 13.4 Å². The van der Waals surface area contributed by atoms with E-state index in [4.69, 9.17) is 0 Å². The summed E-state index contributed by atoms with van der Waals surface area (Å²) in [7, 11) is -3.11. The third-order valence-corrected chi connectivity index (χ3v) is 2.02. The number of aromatic nitrogens is 1. The molecule has 0 N–H and O–H groups in total. The van der Waals surface area contributed by atoms with Crippen molar-refractivity contribution in [3.8, 4) is 0 Å². The van der Waals surface area contributed by atoms with Gasteiger partial charge in [-0.1, -0.05) is 19.9 Å². The van der Waals surface area contributed by atoms with Crippen LogP contribution in [0.5, 0.6) is 0 Å². The minimum Gasteiger partial charge on any atom is -0.245 e. The van der Waals surface area contributed by atoms with E-state index < -0.39 is 9.84 Å². The van der Waals surface area contributed by atoms with Crippen molar-refractivity contribution in [3.63, 3.8) is 0 Å². The highest BCUT2D eigenvalue weighted by atomic mass is 32.2. The zero-order valence-corrected chi connectivity index (χ0v) is 8.30. The molecular weight excluding hydrogens is 174 g/mol. The molecule has 0 aliphatic rings. The van der Waals surface area contributed by atoms with E-state index in [2.05, 4.69) is 4.98 Å². The van der Waals surface area contributed by atoms with Crippen molar-refractivity contribution in [3.05, 3.63) is 24.4 Å². The fourth-order valence-electron chi connectivity index (χ4n) is 0.566. The molecule has 0 bridgehead atoms. The van der Waals surface area contributed by atoms with Gasteiger partial charge < -0.3 is 0 Å². The van der Waals surface area contributed by atoms with E-state index in [1.807, 2.05) is 13.8 Å². The summed E-state index contributed by atoms with van der Waals surface area (Å²) in [5.41, 5.74) is 0. The van der Waals surface area contributed by atoms with Crippen molar-refractivity contribution in [1.29, 1.82) is 0 Å². The van der Waals surface area contributed by atoms with Crippen LogP contribution in [-0.2, 0) is 9.84 Å². The molecule has 1 aromatic heterocycles. The molecule has 0 saturated carbocycles. The number of pyridine rings is 1. The topological polar surface area (TPSA) is 47.0 Å². The van der Waals surface area contributed by atoms with Crippen LogP contribution < -0.4 is 0 Å². The standard InChI is InChI=1S/C6H7NO2S.C2H6/c1-10(8,9)6-4-2-3-5-7-6;1-2/h2-5H,1H3;1-2H3. The zero-order chi connectivity index (χ0) is 9.61. The summed E-state index contributed by atoms with van der Waals surface area (Å²) in [4.78, 5) is 3.66. The second kappa shape index (κ2) is 4.87. The number of sulfone groups is 1. The summed E-state index contributed by atoms with van der Waals surface area (Å²) in [5.74, 6) is 0. The van der Waals surface area contributed by atoms with Gasteiger partial charge in [0.2, 0.25) is 0 Å². The predicted molar refractivity (Wildman–Crippen MR) is 48.7 cm³/mol. The van der Waals surface area contributed by atoms with Gasteiger partial charge >= 0.3 is 0 Å². The molecule has 68 valence electrons. The lowest BCUT2D eigenvalue weighted by molar-refractivity contribution is 0.598. The lowest BCUT2D eigenvalue weighted by Gasteiger charge is -1.92. The molecule has 0 fully saturated rings. The van der Waals surface area contributed by atoms with Gasteiger partial charge in [0.15, 0.2) is 14.9 Å². The third-order valence-electron chi connectivity index (χ3n) is 1.02. The van der Waals surface area contributed by atoms with Gasteiger partial charge in [0.1, 0.15) is 0 Å². The van der Waals surface area contributed by atoms with Crippen molar-refractivity contribution < 1.29 is 8.42 Å². The van der Waals surface area contributed by atoms with Gasteiger partial charge in [0.25, 0.3) is 0 Å². The third kappa shape index (κ3) is 3.48. The van der Waals surface area contributed by atoms with Gasteiger partial charge in [0.05, 0.1) is 0 Å². The van der Waals surface area contributed by atoms with Gasteiger partial charge in [0, 0.05) is 12.5 Å². The first-order chi connectivity index (χ1) is 5.61. The molecule has 3 nitrogen and oxygen atoms in total. The van der Waals surface area contributed by atoms with E-state index in [-0.39, 0.29) is 5.03 Å². The van der Waals surface area contributed by atoms with E-state index in [0.29, 0.717) is 0 Å². The quantitative estimate of drug-likeness (QED) is 0.669. The molecule has 4 heteroatoms. The highest BCUT2D eigenvalue weighted by Crippen LogP contribution is 2.00. The predicted octanol–water partition coefficient (Wildman–Crippen LogP) is 1.51. The normalized spacial score (nSPS) is 9.92. The Morgan fingerprint density at radius 3 is 2.08 bits per heavy atom. The molecule has 0 unspecified atom stereocenters. The molecule has 1 heterocycles. The molecule has 0 atom stereocenters. The van der Waals surface area contributed by atoms with Crippen LogP contribution in [0.4, 0.5) is 0 Å². The fourth-order valence-corrected chi connectivity index (χ4v) is 1.14. The number of nitrogens with zero attached hydrogens (tertiary/aromatic N) is 1. The van der Waals surface area contributed by atoms with Crippen molar-refractivity contribution in [2.24, 2.45) is 0 Å². The first-order valence-electron chi connectivity index (χ1n) is 3.72. The Kier molecular flexibility index (Phi) is 4.51. The molecule has 1 aromatic rings. The van der Waals surface area contributed by atoms with Crippen LogP contribution in [-0.4, -0.2) is 19.7 Å². The maximum Gasteiger partial charge on any atom is 0.192 e. The van der Waals surface area contributed by atoms with Crippen LogP contribution in [0.2, 0.25) is 0 Å². The Morgan fingerprint density at radius 1 is 1.25 bits per heavy atom. The summed E-state index contributed by atoms with van der Waals surface area (Å²) >= 11 is 0. The van der Waals surface area contributed by atoms with Crippen molar-refractivity contribution >= 4 is 9.84 Å². The Balaban J connectivity index is 0.000000561. The molecule has 1 rings (SSSR count). The van der Waals surface area contributed by atoms with Crippen molar-refractivity contribution in [2.75, 3.05) is 6.26 Å². The number of hydrogen-bond donors (Lipinski definition) is 0. The monoisotopic (exact) mass is 187 g/mol. The molecular formula is C8H13NO2S. The Morgan fingerprint density at radius 2 is 1.83 bits per heavy atom. The summed E-state index contributed by atoms with van der Waals surface area (Å²) < 4.78 is 21.5. The van der Waals surface area contributed by atoms with Crippen LogP contribution in [0, 0.1) is 0 Å². The summed E-state index contributed by atoms with van der Waals surface area (Å²) in [6.45, 7) is 4.00.